The molecule has 2 aliphatic rings. The van der Waals surface area contributed by atoms with Crippen molar-refractivity contribution in [1.82, 2.24) is 9.80 Å². The Morgan fingerprint density at radius 1 is 1.12 bits per heavy atom. The first-order valence-corrected chi connectivity index (χ1v) is 10.6. The molecule has 0 unspecified atom stereocenters. The van der Waals surface area contributed by atoms with Crippen LogP contribution >= 0.6 is 24.0 Å². The summed E-state index contributed by atoms with van der Waals surface area (Å²) in [5.41, 5.74) is 5.57. The molecule has 2 aliphatic heterocycles. The van der Waals surface area contributed by atoms with E-state index in [1.165, 1.54) is 0 Å². The van der Waals surface area contributed by atoms with E-state index in [1.54, 1.807) is 4.90 Å². The van der Waals surface area contributed by atoms with Crippen LogP contribution in [0.2, 0.25) is 0 Å². The number of rotatable bonds is 2. The fourth-order valence-electron chi connectivity index (χ4n) is 2.89. The van der Waals surface area contributed by atoms with Gasteiger partial charge in [-0.15, -0.1) is 24.0 Å². The van der Waals surface area contributed by atoms with Crippen LogP contribution in [0.3, 0.4) is 0 Å². The van der Waals surface area contributed by atoms with Gasteiger partial charge in [-0.2, -0.15) is 0 Å². The first-order chi connectivity index (χ1) is 11.6. The maximum absolute atomic E-state index is 12.0. The number of hydrogen-bond acceptors (Lipinski definition) is 5. The number of piperazine rings is 1. The molecule has 152 valence electrons. The molecule has 2 rings (SSSR count). The highest BCUT2D eigenvalue weighted by Gasteiger charge is 2.27. The van der Waals surface area contributed by atoms with Crippen molar-refractivity contribution in [3.8, 4) is 0 Å². The van der Waals surface area contributed by atoms with Gasteiger partial charge in [0, 0.05) is 32.7 Å². The molecule has 0 aromatic rings. The van der Waals surface area contributed by atoms with E-state index >= 15 is 0 Å². The maximum atomic E-state index is 12.0. The van der Waals surface area contributed by atoms with E-state index in [-0.39, 0.29) is 47.5 Å². The van der Waals surface area contributed by atoms with E-state index in [0.29, 0.717) is 51.5 Å². The lowest BCUT2D eigenvalue weighted by Crippen LogP contribution is -2.53. The Balaban J connectivity index is 0.00000338. The zero-order valence-electron chi connectivity index (χ0n) is 15.8. The molecular formula is C16H31IN4O4S. The van der Waals surface area contributed by atoms with Gasteiger partial charge < -0.3 is 20.3 Å². The number of ether oxygens (including phenoxy) is 1. The number of nitrogens with two attached hydrogens (primary N) is 1. The van der Waals surface area contributed by atoms with Gasteiger partial charge in [0.2, 0.25) is 0 Å². The van der Waals surface area contributed by atoms with Crippen LogP contribution in [0, 0.1) is 5.92 Å². The highest BCUT2D eigenvalue weighted by molar-refractivity contribution is 14.0. The fraction of sp³-hybridized carbons (Fsp3) is 0.875. The zero-order chi connectivity index (χ0) is 18.7. The molecule has 0 aliphatic carbocycles. The van der Waals surface area contributed by atoms with E-state index in [4.69, 9.17) is 10.5 Å². The number of nitrogens with zero attached hydrogens (tertiary/aromatic N) is 3. The minimum atomic E-state index is -2.84. The van der Waals surface area contributed by atoms with E-state index in [1.807, 2.05) is 25.7 Å². The van der Waals surface area contributed by atoms with Crippen molar-refractivity contribution >= 4 is 45.9 Å². The minimum absolute atomic E-state index is 0. The van der Waals surface area contributed by atoms with Crippen molar-refractivity contribution in [3.05, 3.63) is 0 Å². The normalized spacial score (nSPS) is 21.9. The second-order valence-electron chi connectivity index (χ2n) is 7.75. The SMILES string of the molecule is CC(C)(C)OC(=O)N1CCN(C(N)=NCC2CCS(=O)(=O)CC2)CC1.I. The molecule has 0 bridgehead atoms. The Morgan fingerprint density at radius 2 is 1.62 bits per heavy atom. The second kappa shape index (κ2) is 9.43. The van der Waals surface area contributed by atoms with Crippen molar-refractivity contribution in [2.75, 3.05) is 44.2 Å². The molecule has 2 N–H and O–H groups in total. The molecule has 2 heterocycles. The molecular weight excluding hydrogens is 471 g/mol. The van der Waals surface area contributed by atoms with Crippen molar-refractivity contribution in [2.24, 2.45) is 16.6 Å². The number of sulfone groups is 1. The van der Waals surface area contributed by atoms with Gasteiger partial charge >= 0.3 is 6.09 Å². The second-order valence-corrected chi connectivity index (χ2v) is 10.1. The van der Waals surface area contributed by atoms with Gasteiger partial charge in [0.05, 0.1) is 11.5 Å². The molecule has 0 spiro atoms. The molecule has 0 aromatic heterocycles. The predicted molar refractivity (Wildman–Crippen MR) is 113 cm³/mol. The summed E-state index contributed by atoms with van der Waals surface area (Å²) in [6.07, 6.45) is 1.02. The molecule has 0 aromatic carbocycles. The summed E-state index contributed by atoms with van der Waals surface area (Å²) < 4.78 is 28.3. The lowest BCUT2D eigenvalue weighted by Gasteiger charge is -2.36. The van der Waals surface area contributed by atoms with Crippen LogP contribution in [0.4, 0.5) is 4.79 Å². The summed E-state index contributed by atoms with van der Waals surface area (Å²) in [6, 6.07) is 0. The molecule has 10 heteroatoms. The highest BCUT2D eigenvalue weighted by Crippen LogP contribution is 2.19. The highest BCUT2D eigenvalue weighted by atomic mass is 127. The number of guanidine groups is 1. The van der Waals surface area contributed by atoms with Gasteiger partial charge in [-0.1, -0.05) is 0 Å². The summed E-state index contributed by atoms with van der Waals surface area (Å²) >= 11 is 0. The van der Waals surface area contributed by atoms with E-state index in [2.05, 4.69) is 4.99 Å². The molecule has 0 saturated carbocycles. The van der Waals surface area contributed by atoms with E-state index in [9.17, 15) is 13.2 Å². The summed E-state index contributed by atoms with van der Waals surface area (Å²) in [5.74, 6) is 1.26. The third kappa shape index (κ3) is 7.45. The standard InChI is InChI=1S/C16H30N4O4S.HI/c1-16(2,3)24-15(21)20-8-6-19(7-9-20)14(17)18-12-13-4-10-25(22,23)11-5-13;/h13H,4-12H2,1-3H3,(H2,17,18);1H. The summed E-state index contributed by atoms with van der Waals surface area (Å²) in [5, 5.41) is 0. The molecule has 26 heavy (non-hydrogen) atoms. The topological polar surface area (TPSA) is 105 Å². The van der Waals surface area contributed by atoms with E-state index < -0.39 is 15.4 Å². The minimum Gasteiger partial charge on any atom is -0.444 e. The lowest BCUT2D eigenvalue weighted by molar-refractivity contribution is 0.0186. The van der Waals surface area contributed by atoms with Gasteiger partial charge in [-0.3, -0.25) is 4.99 Å². The Kier molecular flexibility index (Phi) is 8.43. The monoisotopic (exact) mass is 502 g/mol. The van der Waals surface area contributed by atoms with Crippen LogP contribution in [0.1, 0.15) is 33.6 Å². The Bertz CT molecular complexity index is 596. The fourth-order valence-corrected chi connectivity index (χ4v) is 4.48. The molecule has 0 radical (unpaired) electrons. The van der Waals surface area contributed by atoms with Crippen LogP contribution in [-0.4, -0.2) is 80.1 Å². The number of carbonyl (C=O) groups is 1. The zero-order valence-corrected chi connectivity index (χ0v) is 19.0. The predicted octanol–water partition coefficient (Wildman–Crippen LogP) is 1.30. The van der Waals surface area contributed by atoms with Crippen molar-refractivity contribution in [1.29, 1.82) is 0 Å². The number of aliphatic imine (C=N–C) groups is 1. The Hall–Kier alpha value is -0.780. The first-order valence-electron chi connectivity index (χ1n) is 8.79. The Morgan fingerprint density at radius 3 is 2.12 bits per heavy atom. The lowest BCUT2D eigenvalue weighted by atomic mass is 10.0. The number of halogens is 1. The maximum Gasteiger partial charge on any atom is 0.410 e. The summed E-state index contributed by atoms with van der Waals surface area (Å²) in [4.78, 5) is 20.1. The largest absolute Gasteiger partial charge is 0.444 e. The van der Waals surface area contributed by atoms with Crippen molar-refractivity contribution < 1.29 is 17.9 Å². The number of amides is 1. The van der Waals surface area contributed by atoms with Crippen LogP contribution in [0.25, 0.3) is 0 Å². The molecule has 8 nitrogen and oxygen atoms in total. The molecule has 1 amide bonds. The third-order valence-corrected chi connectivity index (χ3v) is 6.16. The quantitative estimate of drug-likeness (QED) is 0.347. The summed E-state index contributed by atoms with van der Waals surface area (Å²) in [7, 11) is -2.84. The van der Waals surface area contributed by atoms with Crippen LogP contribution in [-0.2, 0) is 14.6 Å². The summed E-state index contributed by atoms with van der Waals surface area (Å²) in [6.45, 7) is 8.45. The average molecular weight is 502 g/mol. The molecule has 0 atom stereocenters. The molecule has 2 fully saturated rings. The van der Waals surface area contributed by atoms with E-state index in [0.717, 1.165) is 0 Å². The number of carbonyl (C=O) groups excluding carboxylic acids is 1. The van der Waals surface area contributed by atoms with Gasteiger partial charge in [-0.25, -0.2) is 13.2 Å². The smallest absolute Gasteiger partial charge is 0.410 e. The average Bonchev–Trinajstić information content (AvgIpc) is 2.52. The van der Waals surface area contributed by atoms with Crippen molar-refractivity contribution in [2.45, 2.75) is 39.2 Å². The van der Waals surface area contributed by atoms with Gasteiger partial charge in [0.1, 0.15) is 15.4 Å². The third-order valence-electron chi connectivity index (χ3n) is 4.44. The first kappa shape index (κ1) is 23.3. The van der Waals surface area contributed by atoms with Crippen molar-refractivity contribution in [3.63, 3.8) is 0 Å². The van der Waals surface area contributed by atoms with Crippen LogP contribution in [0.15, 0.2) is 4.99 Å². The Labute approximate surface area is 173 Å². The van der Waals surface area contributed by atoms with Crippen LogP contribution < -0.4 is 5.73 Å². The van der Waals surface area contributed by atoms with Gasteiger partial charge in [-0.05, 0) is 39.5 Å². The van der Waals surface area contributed by atoms with Gasteiger partial charge in [0.25, 0.3) is 0 Å². The number of hydrogen-bond donors (Lipinski definition) is 1. The van der Waals surface area contributed by atoms with Crippen LogP contribution in [0.5, 0.6) is 0 Å². The molecule has 2 saturated heterocycles. The van der Waals surface area contributed by atoms with Gasteiger partial charge in [0.15, 0.2) is 5.96 Å².